The number of para-hydroxylation sites is 1. The number of aromatic amines is 1. The Hall–Kier alpha value is -2.33. The van der Waals surface area contributed by atoms with Crippen LogP contribution < -0.4 is 5.73 Å². The summed E-state index contributed by atoms with van der Waals surface area (Å²) in [5.41, 5.74) is 7.67. The average Bonchev–Trinajstić information content (AvgIpc) is 2.89. The van der Waals surface area contributed by atoms with Gasteiger partial charge in [-0.1, -0.05) is 23.7 Å². The smallest absolute Gasteiger partial charge is 0.195 e. The highest BCUT2D eigenvalue weighted by atomic mass is 35.5. The fraction of sp³-hybridized carbons (Fsp3) is 0.0625. The lowest BCUT2D eigenvalue weighted by Crippen LogP contribution is -2.04. The molecule has 0 aliphatic heterocycles. The molecule has 3 nitrogen and oxygen atoms in total. The van der Waals surface area contributed by atoms with Gasteiger partial charge in [-0.25, -0.2) is 4.39 Å². The van der Waals surface area contributed by atoms with Gasteiger partial charge < -0.3 is 10.7 Å². The molecule has 1 aromatic heterocycles. The molecule has 0 unspecified atom stereocenters. The third kappa shape index (κ3) is 2.17. The Balaban J connectivity index is 2.15. The van der Waals surface area contributed by atoms with Crippen molar-refractivity contribution in [2.24, 2.45) is 0 Å². The van der Waals surface area contributed by atoms with E-state index >= 15 is 0 Å². The molecule has 1 heterocycles. The lowest BCUT2D eigenvalue weighted by Gasteiger charge is -2.06. The van der Waals surface area contributed by atoms with Crippen LogP contribution in [-0.2, 0) is 0 Å². The molecule has 3 aromatic rings. The maximum atomic E-state index is 13.8. The van der Waals surface area contributed by atoms with Crippen molar-refractivity contribution in [2.45, 2.75) is 6.92 Å². The normalized spacial score (nSPS) is 11.0. The van der Waals surface area contributed by atoms with Crippen LogP contribution in [0, 0.1) is 12.7 Å². The van der Waals surface area contributed by atoms with Crippen molar-refractivity contribution < 1.29 is 9.18 Å². The van der Waals surface area contributed by atoms with Crippen LogP contribution in [0.3, 0.4) is 0 Å². The molecule has 3 N–H and O–H groups in total. The molecule has 0 aliphatic carbocycles. The highest BCUT2D eigenvalue weighted by Gasteiger charge is 2.17. The highest BCUT2D eigenvalue weighted by Crippen LogP contribution is 2.28. The average molecular weight is 303 g/mol. The second-order valence-electron chi connectivity index (χ2n) is 4.87. The fourth-order valence-corrected chi connectivity index (χ4v) is 2.52. The van der Waals surface area contributed by atoms with Gasteiger partial charge in [0.2, 0.25) is 0 Å². The number of benzene rings is 2. The van der Waals surface area contributed by atoms with Crippen LogP contribution in [-0.4, -0.2) is 10.8 Å². The van der Waals surface area contributed by atoms with Crippen molar-refractivity contribution >= 4 is 34.0 Å². The maximum absolute atomic E-state index is 13.8. The van der Waals surface area contributed by atoms with E-state index in [1.165, 1.54) is 12.1 Å². The Labute approximate surface area is 125 Å². The minimum Gasteiger partial charge on any atom is -0.398 e. The van der Waals surface area contributed by atoms with Crippen LogP contribution in [0.1, 0.15) is 21.5 Å². The first-order valence-electron chi connectivity index (χ1n) is 6.35. The second kappa shape index (κ2) is 4.90. The quantitative estimate of drug-likeness (QED) is 0.553. The number of nitrogen functional groups attached to an aromatic ring is 1. The molecule has 0 saturated carbocycles. The zero-order valence-corrected chi connectivity index (χ0v) is 12.0. The van der Waals surface area contributed by atoms with Gasteiger partial charge in [0.15, 0.2) is 5.78 Å². The summed E-state index contributed by atoms with van der Waals surface area (Å²) in [6, 6.07) is 7.98. The summed E-state index contributed by atoms with van der Waals surface area (Å²) in [5, 5.41) is 1.23. The number of fused-ring (bicyclic) bond motifs is 1. The Morgan fingerprint density at radius 2 is 2.10 bits per heavy atom. The van der Waals surface area contributed by atoms with Crippen LogP contribution in [0.5, 0.6) is 0 Å². The molecule has 0 aliphatic rings. The van der Waals surface area contributed by atoms with E-state index in [2.05, 4.69) is 4.98 Å². The zero-order valence-electron chi connectivity index (χ0n) is 11.2. The summed E-state index contributed by atoms with van der Waals surface area (Å²) in [4.78, 5) is 15.5. The number of hydrogen-bond donors (Lipinski definition) is 2. The summed E-state index contributed by atoms with van der Waals surface area (Å²) in [6.45, 7) is 1.57. The van der Waals surface area contributed by atoms with Crippen molar-refractivity contribution in [1.82, 2.24) is 4.98 Å². The zero-order chi connectivity index (χ0) is 15.1. The van der Waals surface area contributed by atoms with Gasteiger partial charge >= 0.3 is 0 Å². The molecule has 0 spiro atoms. The Bertz CT molecular complexity index is 847. The molecule has 0 fully saturated rings. The third-order valence-electron chi connectivity index (χ3n) is 3.56. The van der Waals surface area contributed by atoms with Crippen LogP contribution in [0.15, 0.2) is 36.5 Å². The Morgan fingerprint density at radius 3 is 2.81 bits per heavy atom. The third-order valence-corrected chi connectivity index (χ3v) is 3.87. The number of hydrogen-bond acceptors (Lipinski definition) is 2. The standard InChI is InChI=1S/C16H12ClFN2O/c1-8-13(18)5-9(6-14(8)19)16(21)11-7-20-15-10(11)3-2-4-12(15)17/h2-7,20H,19H2,1H3. The summed E-state index contributed by atoms with van der Waals surface area (Å²) in [5.74, 6) is -0.787. The lowest BCUT2D eigenvalue weighted by molar-refractivity contribution is 0.104. The highest BCUT2D eigenvalue weighted by molar-refractivity contribution is 6.35. The van der Waals surface area contributed by atoms with E-state index in [9.17, 15) is 9.18 Å². The predicted octanol–water partition coefficient (Wildman–Crippen LogP) is 4.08. The van der Waals surface area contributed by atoms with E-state index in [0.29, 0.717) is 27.1 Å². The van der Waals surface area contributed by atoms with E-state index in [4.69, 9.17) is 17.3 Å². The molecule has 0 radical (unpaired) electrons. The number of anilines is 1. The van der Waals surface area contributed by atoms with Gasteiger partial charge in [-0.2, -0.15) is 0 Å². The topological polar surface area (TPSA) is 58.9 Å². The molecule has 0 saturated heterocycles. The van der Waals surface area contributed by atoms with Crippen LogP contribution in [0.2, 0.25) is 5.02 Å². The van der Waals surface area contributed by atoms with Gasteiger partial charge in [0, 0.05) is 34.0 Å². The van der Waals surface area contributed by atoms with Crippen LogP contribution >= 0.6 is 11.6 Å². The Kier molecular flexibility index (Phi) is 3.18. The summed E-state index contributed by atoms with van der Waals surface area (Å²) >= 11 is 6.07. The van der Waals surface area contributed by atoms with Crippen molar-refractivity contribution in [3.63, 3.8) is 0 Å². The number of nitrogens with two attached hydrogens (primary N) is 1. The number of halogens is 2. The first-order valence-corrected chi connectivity index (χ1v) is 6.72. The maximum Gasteiger partial charge on any atom is 0.195 e. The number of carbonyl (C=O) groups excluding carboxylic acids is 1. The van der Waals surface area contributed by atoms with Gasteiger partial charge in [0.05, 0.1) is 10.5 Å². The number of H-pyrrole nitrogens is 1. The van der Waals surface area contributed by atoms with Gasteiger partial charge in [0.25, 0.3) is 0 Å². The molecule has 3 rings (SSSR count). The number of rotatable bonds is 2. The molecular weight excluding hydrogens is 291 g/mol. The van der Waals surface area contributed by atoms with Gasteiger partial charge in [-0.15, -0.1) is 0 Å². The van der Waals surface area contributed by atoms with E-state index in [-0.39, 0.29) is 17.0 Å². The van der Waals surface area contributed by atoms with Crippen LogP contribution in [0.25, 0.3) is 10.9 Å². The largest absolute Gasteiger partial charge is 0.398 e. The minimum absolute atomic E-state index is 0.219. The van der Waals surface area contributed by atoms with E-state index in [1.54, 1.807) is 31.3 Å². The summed E-state index contributed by atoms with van der Waals surface area (Å²) in [7, 11) is 0. The van der Waals surface area contributed by atoms with Gasteiger partial charge in [0.1, 0.15) is 5.82 Å². The fourth-order valence-electron chi connectivity index (χ4n) is 2.29. The lowest BCUT2D eigenvalue weighted by atomic mass is 10.0. The minimum atomic E-state index is -0.490. The molecule has 5 heteroatoms. The molecule has 0 amide bonds. The number of carbonyl (C=O) groups is 1. The summed E-state index contributed by atoms with van der Waals surface area (Å²) < 4.78 is 13.8. The predicted molar refractivity (Wildman–Crippen MR) is 82.3 cm³/mol. The SMILES string of the molecule is Cc1c(N)cc(C(=O)c2c[nH]c3c(Cl)cccc23)cc1F. The van der Waals surface area contributed by atoms with Crippen molar-refractivity contribution in [1.29, 1.82) is 0 Å². The molecular formula is C16H12ClFN2O. The van der Waals surface area contributed by atoms with Gasteiger partial charge in [-0.05, 0) is 25.1 Å². The van der Waals surface area contributed by atoms with Crippen molar-refractivity contribution in [3.8, 4) is 0 Å². The van der Waals surface area contributed by atoms with Crippen molar-refractivity contribution in [2.75, 3.05) is 5.73 Å². The van der Waals surface area contributed by atoms with E-state index in [0.717, 1.165) is 0 Å². The van der Waals surface area contributed by atoms with E-state index < -0.39 is 5.82 Å². The number of aromatic nitrogens is 1. The number of ketones is 1. The first-order chi connectivity index (χ1) is 9.99. The second-order valence-corrected chi connectivity index (χ2v) is 5.27. The van der Waals surface area contributed by atoms with Crippen molar-refractivity contribution in [3.05, 3.63) is 64.1 Å². The number of nitrogens with one attached hydrogen (secondary N) is 1. The molecule has 0 bridgehead atoms. The monoisotopic (exact) mass is 302 g/mol. The first kappa shape index (κ1) is 13.6. The van der Waals surface area contributed by atoms with Gasteiger partial charge in [-0.3, -0.25) is 4.79 Å². The van der Waals surface area contributed by atoms with Crippen LogP contribution in [0.4, 0.5) is 10.1 Å². The van der Waals surface area contributed by atoms with E-state index in [1.807, 2.05) is 0 Å². The molecule has 21 heavy (non-hydrogen) atoms. The summed E-state index contributed by atoms with van der Waals surface area (Å²) in [6.07, 6.45) is 1.58. The molecule has 106 valence electrons. The molecule has 2 aromatic carbocycles. The molecule has 0 atom stereocenters. The Morgan fingerprint density at radius 1 is 1.33 bits per heavy atom.